The summed E-state index contributed by atoms with van der Waals surface area (Å²) in [6.07, 6.45) is 0. The Labute approximate surface area is 299 Å². The Hall–Kier alpha value is -6.70. The number of hydrogen-bond acceptors (Lipinski definition) is 1. The monoisotopic (exact) mass is 649 g/mol. The molecular formula is C50H35N. The predicted octanol–water partition coefficient (Wildman–Crippen LogP) is 14.1. The maximum Gasteiger partial charge on any atom is 0.0540 e. The minimum Gasteiger partial charge on any atom is -0.309 e. The lowest BCUT2D eigenvalue weighted by Crippen LogP contribution is -2.12. The van der Waals surface area contributed by atoms with E-state index in [1.54, 1.807) is 0 Å². The third-order valence-electron chi connectivity index (χ3n) is 9.86. The van der Waals surface area contributed by atoms with Gasteiger partial charge < -0.3 is 4.90 Å². The lowest BCUT2D eigenvalue weighted by atomic mass is 9.95. The van der Waals surface area contributed by atoms with E-state index in [0.29, 0.717) is 0 Å². The molecule has 9 aromatic carbocycles. The van der Waals surface area contributed by atoms with E-state index in [0.717, 1.165) is 17.1 Å². The van der Waals surface area contributed by atoms with E-state index < -0.39 is 0 Å². The van der Waals surface area contributed by atoms with Crippen LogP contribution in [0, 0.1) is 0 Å². The van der Waals surface area contributed by atoms with Crippen molar-refractivity contribution in [3.8, 4) is 44.5 Å². The summed E-state index contributed by atoms with van der Waals surface area (Å²) in [5, 5.41) is 4.93. The first-order chi connectivity index (χ1) is 25.3. The summed E-state index contributed by atoms with van der Waals surface area (Å²) in [5.74, 6) is 0. The van der Waals surface area contributed by atoms with Gasteiger partial charge in [-0.15, -0.1) is 0 Å². The Balaban J connectivity index is 1.19. The molecule has 0 saturated carbocycles. The summed E-state index contributed by atoms with van der Waals surface area (Å²) < 4.78 is 0. The Kier molecular flexibility index (Phi) is 7.92. The van der Waals surface area contributed by atoms with Crippen molar-refractivity contribution in [1.29, 1.82) is 0 Å². The van der Waals surface area contributed by atoms with E-state index in [1.165, 1.54) is 66.1 Å². The Morgan fingerprint density at radius 3 is 1.57 bits per heavy atom. The van der Waals surface area contributed by atoms with Gasteiger partial charge in [0.1, 0.15) is 0 Å². The second kappa shape index (κ2) is 13.3. The smallest absolute Gasteiger partial charge is 0.0540 e. The van der Waals surface area contributed by atoms with E-state index in [4.69, 9.17) is 0 Å². The highest BCUT2D eigenvalue weighted by Crippen LogP contribution is 2.44. The maximum atomic E-state index is 2.43. The molecule has 240 valence electrons. The zero-order valence-electron chi connectivity index (χ0n) is 28.2. The molecule has 9 rings (SSSR count). The quantitative estimate of drug-likeness (QED) is 0.166. The third kappa shape index (κ3) is 5.86. The zero-order valence-corrected chi connectivity index (χ0v) is 28.2. The van der Waals surface area contributed by atoms with Gasteiger partial charge in [0.05, 0.1) is 11.4 Å². The molecule has 0 spiro atoms. The molecule has 0 aliphatic carbocycles. The van der Waals surface area contributed by atoms with Crippen LogP contribution < -0.4 is 4.90 Å². The van der Waals surface area contributed by atoms with Gasteiger partial charge in [0.25, 0.3) is 0 Å². The fraction of sp³-hybridized carbons (Fsp3) is 0. The Bertz CT molecular complexity index is 2630. The van der Waals surface area contributed by atoms with Crippen molar-refractivity contribution in [3.05, 3.63) is 212 Å². The molecule has 51 heavy (non-hydrogen) atoms. The normalized spacial score (nSPS) is 11.1. The molecule has 9 aromatic rings. The summed E-state index contributed by atoms with van der Waals surface area (Å²) in [5.41, 5.74) is 13.0. The molecular weight excluding hydrogens is 615 g/mol. The molecule has 0 fully saturated rings. The second-order valence-corrected chi connectivity index (χ2v) is 13.0. The van der Waals surface area contributed by atoms with Crippen LogP contribution in [0.1, 0.15) is 0 Å². The first kappa shape index (κ1) is 30.4. The number of anilines is 3. The van der Waals surface area contributed by atoms with Crippen LogP contribution in [-0.2, 0) is 0 Å². The third-order valence-corrected chi connectivity index (χ3v) is 9.86. The van der Waals surface area contributed by atoms with Gasteiger partial charge in [-0.25, -0.2) is 0 Å². The number of nitrogens with zero attached hydrogens (tertiary/aromatic N) is 1. The average molecular weight is 650 g/mol. The van der Waals surface area contributed by atoms with Crippen LogP contribution >= 0.6 is 0 Å². The molecule has 0 bridgehead atoms. The molecule has 0 atom stereocenters. The zero-order chi connectivity index (χ0) is 34.0. The second-order valence-electron chi connectivity index (χ2n) is 13.0. The van der Waals surface area contributed by atoms with Gasteiger partial charge in [0.15, 0.2) is 0 Å². The highest BCUT2D eigenvalue weighted by atomic mass is 15.1. The van der Waals surface area contributed by atoms with Gasteiger partial charge in [-0.2, -0.15) is 0 Å². The summed E-state index contributed by atoms with van der Waals surface area (Å²) in [4.78, 5) is 2.43. The molecule has 0 N–H and O–H groups in total. The van der Waals surface area contributed by atoms with Crippen molar-refractivity contribution >= 4 is 38.6 Å². The number of fused-ring (bicyclic) bond motifs is 2. The van der Waals surface area contributed by atoms with Crippen LogP contribution in [0.5, 0.6) is 0 Å². The van der Waals surface area contributed by atoms with E-state index >= 15 is 0 Å². The van der Waals surface area contributed by atoms with Gasteiger partial charge in [-0.05, 0) is 85.4 Å². The minimum atomic E-state index is 1.10. The van der Waals surface area contributed by atoms with Gasteiger partial charge in [0.2, 0.25) is 0 Å². The molecule has 0 aromatic heterocycles. The molecule has 0 heterocycles. The summed E-state index contributed by atoms with van der Waals surface area (Å²) in [6.45, 7) is 0. The number of para-hydroxylation sites is 1. The van der Waals surface area contributed by atoms with Gasteiger partial charge in [0, 0.05) is 16.6 Å². The molecule has 0 amide bonds. The van der Waals surface area contributed by atoms with Crippen molar-refractivity contribution in [1.82, 2.24) is 0 Å². The summed E-state index contributed by atoms with van der Waals surface area (Å²) in [6, 6.07) is 76.7. The highest BCUT2D eigenvalue weighted by Gasteiger charge is 2.20. The first-order valence-electron chi connectivity index (χ1n) is 17.5. The summed E-state index contributed by atoms with van der Waals surface area (Å²) >= 11 is 0. The van der Waals surface area contributed by atoms with Crippen LogP contribution in [0.15, 0.2) is 212 Å². The topological polar surface area (TPSA) is 3.24 Å². The summed E-state index contributed by atoms with van der Waals surface area (Å²) in [7, 11) is 0. The SMILES string of the molecule is c1ccc(-c2ccc(-c3ccccc3N(c3cccc(-c4cccc(-c5cccc6ccccc56)c4)c3)c3cccc4ccccc34)cc2)cc1. The van der Waals surface area contributed by atoms with Crippen LogP contribution in [0.3, 0.4) is 0 Å². The van der Waals surface area contributed by atoms with E-state index in [-0.39, 0.29) is 0 Å². The maximum absolute atomic E-state index is 2.43. The molecule has 0 saturated heterocycles. The molecule has 0 aliphatic rings. The number of hydrogen-bond donors (Lipinski definition) is 0. The molecule has 0 unspecified atom stereocenters. The van der Waals surface area contributed by atoms with Crippen LogP contribution in [0.2, 0.25) is 0 Å². The predicted molar refractivity (Wildman–Crippen MR) is 218 cm³/mol. The lowest BCUT2D eigenvalue weighted by molar-refractivity contribution is 1.30. The van der Waals surface area contributed by atoms with Crippen molar-refractivity contribution in [2.45, 2.75) is 0 Å². The van der Waals surface area contributed by atoms with E-state index in [2.05, 4.69) is 217 Å². The number of rotatable bonds is 7. The lowest BCUT2D eigenvalue weighted by Gasteiger charge is -2.29. The largest absolute Gasteiger partial charge is 0.309 e. The van der Waals surface area contributed by atoms with Crippen molar-refractivity contribution in [3.63, 3.8) is 0 Å². The molecule has 1 heteroatoms. The van der Waals surface area contributed by atoms with Crippen LogP contribution in [0.25, 0.3) is 66.1 Å². The highest BCUT2D eigenvalue weighted by molar-refractivity contribution is 6.02. The van der Waals surface area contributed by atoms with E-state index in [9.17, 15) is 0 Å². The van der Waals surface area contributed by atoms with Gasteiger partial charge in [-0.3, -0.25) is 0 Å². The van der Waals surface area contributed by atoms with Crippen LogP contribution in [-0.4, -0.2) is 0 Å². The van der Waals surface area contributed by atoms with Gasteiger partial charge in [-0.1, -0.05) is 182 Å². The average Bonchev–Trinajstić information content (AvgIpc) is 3.22. The fourth-order valence-electron chi connectivity index (χ4n) is 7.36. The molecule has 0 radical (unpaired) electrons. The minimum absolute atomic E-state index is 1.10. The number of benzene rings is 9. The Morgan fingerprint density at radius 2 is 0.745 bits per heavy atom. The standard InChI is InChI=1S/C50H35N/c1-2-14-36(15-3-1)37-30-32-40(33-31-37)48-26-8-9-28-49(48)51(50-29-13-19-39-17-5-7-25-47(39)50)44-23-11-21-42(35-44)41-20-10-22-43(34-41)46-27-12-18-38-16-4-6-24-45(38)46/h1-35H. The molecule has 0 aliphatic heterocycles. The van der Waals surface area contributed by atoms with E-state index in [1.807, 2.05) is 0 Å². The fourth-order valence-corrected chi connectivity index (χ4v) is 7.36. The Morgan fingerprint density at radius 1 is 0.255 bits per heavy atom. The van der Waals surface area contributed by atoms with Crippen LogP contribution in [0.4, 0.5) is 17.1 Å². The van der Waals surface area contributed by atoms with Crippen molar-refractivity contribution in [2.24, 2.45) is 0 Å². The van der Waals surface area contributed by atoms with Crippen molar-refractivity contribution in [2.75, 3.05) is 4.90 Å². The van der Waals surface area contributed by atoms with Crippen molar-refractivity contribution < 1.29 is 0 Å². The molecule has 1 nitrogen and oxygen atoms in total. The first-order valence-corrected chi connectivity index (χ1v) is 17.5. The van der Waals surface area contributed by atoms with Gasteiger partial charge >= 0.3 is 0 Å².